The van der Waals surface area contributed by atoms with Gasteiger partial charge in [-0.2, -0.15) is 11.8 Å². The van der Waals surface area contributed by atoms with Gasteiger partial charge in [-0.15, -0.1) is 0 Å². The van der Waals surface area contributed by atoms with E-state index in [1.165, 1.54) is 0 Å². The van der Waals surface area contributed by atoms with Crippen LogP contribution < -0.4 is 0 Å². The molecule has 1 aromatic rings. The van der Waals surface area contributed by atoms with Crippen LogP contribution in [0.5, 0.6) is 0 Å². The topological polar surface area (TPSA) is 40.5 Å². The number of hydrogen-bond donors (Lipinski definition) is 1. The summed E-state index contributed by atoms with van der Waals surface area (Å²) in [7, 11) is 1.71. The molecule has 0 spiro atoms. The van der Waals surface area contributed by atoms with Gasteiger partial charge in [0.05, 0.1) is 12.6 Å². The van der Waals surface area contributed by atoms with E-state index in [0.29, 0.717) is 5.56 Å². The van der Waals surface area contributed by atoms with Crippen molar-refractivity contribution in [2.24, 2.45) is 0 Å². The fourth-order valence-electron chi connectivity index (χ4n) is 1.49. The van der Waals surface area contributed by atoms with Gasteiger partial charge in [0, 0.05) is 18.4 Å². The molecule has 0 aliphatic carbocycles. The number of rotatable bonds is 5. The van der Waals surface area contributed by atoms with Crippen molar-refractivity contribution in [3.8, 4) is 0 Å². The highest BCUT2D eigenvalue weighted by Crippen LogP contribution is 2.13. The first-order chi connectivity index (χ1) is 8.10. The SMILES string of the molecule is CSCc1cccc(C(=O)N(C)C(C)CO)c1. The van der Waals surface area contributed by atoms with Crippen molar-refractivity contribution in [3.63, 3.8) is 0 Å². The van der Waals surface area contributed by atoms with Gasteiger partial charge in [-0.3, -0.25) is 4.79 Å². The molecular formula is C13H19NO2S. The molecule has 94 valence electrons. The Labute approximate surface area is 107 Å². The first-order valence-electron chi connectivity index (χ1n) is 5.56. The van der Waals surface area contributed by atoms with Crippen LogP contribution in [0.1, 0.15) is 22.8 Å². The van der Waals surface area contributed by atoms with Gasteiger partial charge in [-0.1, -0.05) is 12.1 Å². The quantitative estimate of drug-likeness (QED) is 0.872. The van der Waals surface area contributed by atoms with Crippen molar-refractivity contribution in [1.29, 1.82) is 0 Å². The molecule has 0 fully saturated rings. The Bertz CT molecular complexity index is 381. The molecule has 1 N–H and O–H groups in total. The molecule has 1 amide bonds. The van der Waals surface area contributed by atoms with E-state index in [9.17, 15) is 4.79 Å². The number of thioether (sulfide) groups is 1. The van der Waals surface area contributed by atoms with E-state index in [-0.39, 0.29) is 18.6 Å². The fourth-order valence-corrected chi connectivity index (χ4v) is 2.00. The average molecular weight is 253 g/mol. The Kier molecular flexibility index (Phi) is 5.51. The van der Waals surface area contributed by atoms with Gasteiger partial charge >= 0.3 is 0 Å². The molecule has 0 aromatic heterocycles. The second-order valence-electron chi connectivity index (χ2n) is 4.08. The van der Waals surface area contributed by atoms with Crippen molar-refractivity contribution >= 4 is 17.7 Å². The maximum absolute atomic E-state index is 12.1. The Balaban J connectivity index is 2.84. The summed E-state index contributed by atoms with van der Waals surface area (Å²) < 4.78 is 0. The molecule has 1 rings (SSSR count). The maximum Gasteiger partial charge on any atom is 0.253 e. The lowest BCUT2D eigenvalue weighted by molar-refractivity contribution is 0.0682. The smallest absolute Gasteiger partial charge is 0.253 e. The van der Waals surface area contributed by atoms with E-state index in [2.05, 4.69) is 0 Å². The van der Waals surface area contributed by atoms with Crippen molar-refractivity contribution < 1.29 is 9.90 Å². The summed E-state index contributed by atoms with van der Waals surface area (Å²) in [5, 5.41) is 9.04. The van der Waals surface area contributed by atoms with E-state index >= 15 is 0 Å². The minimum Gasteiger partial charge on any atom is -0.394 e. The third kappa shape index (κ3) is 3.75. The van der Waals surface area contributed by atoms with Gasteiger partial charge in [-0.05, 0) is 30.9 Å². The third-order valence-electron chi connectivity index (χ3n) is 2.73. The summed E-state index contributed by atoms with van der Waals surface area (Å²) in [6.45, 7) is 1.80. The maximum atomic E-state index is 12.1. The number of hydrogen-bond acceptors (Lipinski definition) is 3. The fraction of sp³-hybridized carbons (Fsp3) is 0.462. The molecule has 0 heterocycles. The Hall–Kier alpha value is -1.00. The average Bonchev–Trinajstić information content (AvgIpc) is 2.36. The summed E-state index contributed by atoms with van der Waals surface area (Å²) in [5.74, 6) is 0.856. The summed E-state index contributed by atoms with van der Waals surface area (Å²) in [4.78, 5) is 13.7. The highest BCUT2D eigenvalue weighted by atomic mass is 32.2. The third-order valence-corrected chi connectivity index (χ3v) is 3.35. The van der Waals surface area contributed by atoms with Crippen LogP contribution in [-0.2, 0) is 5.75 Å². The first kappa shape index (κ1) is 14.1. The second-order valence-corrected chi connectivity index (χ2v) is 4.95. The van der Waals surface area contributed by atoms with Crippen molar-refractivity contribution in [3.05, 3.63) is 35.4 Å². The van der Waals surface area contributed by atoms with Crippen LogP contribution >= 0.6 is 11.8 Å². The van der Waals surface area contributed by atoms with E-state index in [0.717, 1.165) is 11.3 Å². The van der Waals surface area contributed by atoms with E-state index in [1.807, 2.05) is 37.4 Å². The van der Waals surface area contributed by atoms with Crippen LogP contribution in [0.3, 0.4) is 0 Å². The van der Waals surface area contributed by atoms with Gasteiger partial charge in [-0.25, -0.2) is 0 Å². The predicted octanol–water partition coefficient (Wildman–Crippen LogP) is 2.00. The van der Waals surface area contributed by atoms with Crippen molar-refractivity contribution in [1.82, 2.24) is 4.90 Å². The van der Waals surface area contributed by atoms with E-state index in [1.54, 1.807) is 23.7 Å². The Morgan fingerprint density at radius 2 is 2.24 bits per heavy atom. The molecular weight excluding hydrogens is 234 g/mol. The molecule has 0 bridgehead atoms. The lowest BCUT2D eigenvalue weighted by Gasteiger charge is -2.23. The van der Waals surface area contributed by atoms with Gasteiger partial charge < -0.3 is 10.0 Å². The monoisotopic (exact) mass is 253 g/mol. The van der Waals surface area contributed by atoms with Crippen LogP contribution in [0.15, 0.2) is 24.3 Å². The minimum atomic E-state index is -0.160. The van der Waals surface area contributed by atoms with Crippen LogP contribution in [0.25, 0.3) is 0 Å². The molecule has 1 aromatic carbocycles. The Morgan fingerprint density at radius 3 is 2.82 bits per heavy atom. The molecule has 0 aliphatic rings. The van der Waals surface area contributed by atoms with Crippen molar-refractivity contribution in [2.75, 3.05) is 19.9 Å². The Morgan fingerprint density at radius 1 is 1.53 bits per heavy atom. The van der Waals surface area contributed by atoms with Gasteiger partial charge in [0.2, 0.25) is 0 Å². The zero-order valence-electron chi connectivity index (χ0n) is 10.5. The standard InChI is InChI=1S/C13H19NO2S/c1-10(8-15)14(2)13(16)12-6-4-5-11(7-12)9-17-3/h4-7,10,15H,8-9H2,1-3H3. The molecule has 4 heteroatoms. The number of aliphatic hydroxyl groups is 1. The highest BCUT2D eigenvalue weighted by Gasteiger charge is 2.16. The van der Waals surface area contributed by atoms with Gasteiger partial charge in [0.25, 0.3) is 5.91 Å². The largest absolute Gasteiger partial charge is 0.394 e. The summed E-state index contributed by atoms with van der Waals surface area (Å²) in [6.07, 6.45) is 2.04. The number of likely N-dealkylation sites (N-methyl/N-ethyl adjacent to an activating group) is 1. The van der Waals surface area contributed by atoms with Gasteiger partial charge in [0.15, 0.2) is 0 Å². The lowest BCUT2D eigenvalue weighted by atomic mass is 10.1. The molecule has 1 atom stereocenters. The van der Waals surface area contributed by atoms with Gasteiger partial charge in [0.1, 0.15) is 0 Å². The molecule has 0 saturated heterocycles. The zero-order valence-corrected chi connectivity index (χ0v) is 11.3. The molecule has 3 nitrogen and oxygen atoms in total. The van der Waals surface area contributed by atoms with E-state index in [4.69, 9.17) is 5.11 Å². The second kappa shape index (κ2) is 6.67. The molecule has 17 heavy (non-hydrogen) atoms. The number of amides is 1. The van der Waals surface area contributed by atoms with Crippen LogP contribution in [0, 0.1) is 0 Å². The predicted molar refractivity (Wildman–Crippen MR) is 72.3 cm³/mol. The van der Waals surface area contributed by atoms with Crippen LogP contribution in [0.2, 0.25) is 0 Å². The number of benzene rings is 1. The summed E-state index contributed by atoms with van der Waals surface area (Å²) in [5.41, 5.74) is 1.83. The number of carbonyl (C=O) groups is 1. The summed E-state index contributed by atoms with van der Waals surface area (Å²) >= 11 is 1.73. The highest BCUT2D eigenvalue weighted by molar-refractivity contribution is 7.97. The first-order valence-corrected chi connectivity index (χ1v) is 6.95. The zero-order chi connectivity index (χ0) is 12.8. The van der Waals surface area contributed by atoms with Crippen molar-refractivity contribution in [2.45, 2.75) is 18.7 Å². The molecule has 0 radical (unpaired) electrons. The summed E-state index contributed by atoms with van der Waals surface area (Å²) in [6, 6.07) is 7.48. The number of nitrogens with zero attached hydrogens (tertiary/aromatic N) is 1. The molecule has 0 aliphatic heterocycles. The molecule has 1 unspecified atom stereocenters. The molecule has 0 saturated carbocycles. The minimum absolute atomic E-state index is 0.0211. The number of carbonyl (C=O) groups excluding carboxylic acids is 1. The normalized spacial score (nSPS) is 12.2. The van der Waals surface area contributed by atoms with Crippen LogP contribution in [-0.4, -0.2) is 41.9 Å². The van der Waals surface area contributed by atoms with Crippen LogP contribution in [0.4, 0.5) is 0 Å². The lowest BCUT2D eigenvalue weighted by Crippen LogP contribution is -2.37. The number of aliphatic hydroxyl groups excluding tert-OH is 1. The van der Waals surface area contributed by atoms with E-state index < -0.39 is 0 Å².